The molecule has 74 valence electrons. The number of carbonyl (C=O) groups is 1. The quantitative estimate of drug-likeness (QED) is 0.493. The predicted octanol–water partition coefficient (Wildman–Crippen LogP) is 2.48. The van der Waals surface area contributed by atoms with Crippen LogP contribution in [0.25, 0.3) is 0 Å². The Hall–Kier alpha value is -0.630. The SMILES string of the molecule is C=CCCOC1(C)CCC(=O)CC1. The number of Topliss-reactive ketones (excluding diaryl/α,β-unsaturated/α-hetero) is 1. The number of carbonyl (C=O) groups excluding carboxylic acids is 1. The maximum Gasteiger partial charge on any atom is 0.133 e. The van der Waals surface area contributed by atoms with Crippen LogP contribution in [-0.4, -0.2) is 18.0 Å². The molecule has 0 bridgehead atoms. The van der Waals surface area contributed by atoms with Gasteiger partial charge < -0.3 is 4.74 Å². The lowest BCUT2D eigenvalue weighted by Gasteiger charge is -2.32. The fourth-order valence-electron chi connectivity index (χ4n) is 1.59. The summed E-state index contributed by atoms with van der Waals surface area (Å²) in [4.78, 5) is 11.0. The van der Waals surface area contributed by atoms with Gasteiger partial charge in [0, 0.05) is 12.8 Å². The van der Waals surface area contributed by atoms with E-state index in [1.54, 1.807) is 0 Å². The zero-order chi connectivity index (χ0) is 9.73. The van der Waals surface area contributed by atoms with Crippen molar-refractivity contribution in [1.29, 1.82) is 0 Å². The maximum absolute atomic E-state index is 11.0. The van der Waals surface area contributed by atoms with Gasteiger partial charge in [-0.25, -0.2) is 0 Å². The summed E-state index contributed by atoms with van der Waals surface area (Å²) in [5.41, 5.74) is -0.0586. The molecule has 0 unspecified atom stereocenters. The lowest BCUT2D eigenvalue weighted by atomic mass is 9.85. The molecule has 0 radical (unpaired) electrons. The van der Waals surface area contributed by atoms with Gasteiger partial charge in [-0.3, -0.25) is 4.79 Å². The first-order valence-corrected chi connectivity index (χ1v) is 4.93. The highest BCUT2D eigenvalue weighted by Crippen LogP contribution is 2.29. The van der Waals surface area contributed by atoms with Crippen molar-refractivity contribution in [1.82, 2.24) is 0 Å². The minimum Gasteiger partial charge on any atom is -0.375 e. The van der Waals surface area contributed by atoms with Crippen molar-refractivity contribution in [3.8, 4) is 0 Å². The Morgan fingerprint density at radius 3 is 2.69 bits per heavy atom. The van der Waals surface area contributed by atoms with Crippen molar-refractivity contribution in [3.05, 3.63) is 12.7 Å². The second-order valence-electron chi connectivity index (χ2n) is 3.91. The van der Waals surface area contributed by atoms with Crippen molar-refractivity contribution in [2.45, 2.75) is 44.6 Å². The van der Waals surface area contributed by atoms with Crippen molar-refractivity contribution >= 4 is 5.78 Å². The number of ketones is 1. The Morgan fingerprint density at radius 2 is 2.15 bits per heavy atom. The van der Waals surface area contributed by atoms with Crippen molar-refractivity contribution in [2.24, 2.45) is 0 Å². The van der Waals surface area contributed by atoms with Gasteiger partial charge >= 0.3 is 0 Å². The molecule has 0 amide bonds. The summed E-state index contributed by atoms with van der Waals surface area (Å²) in [7, 11) is 0. The maximum atomic E-state index is 11.0. The largest absolute Gasteiger partial charge is 0.375 e. The molecule has 1 fully saturated rings. The minimum atomic E-state index is -0.0586. The molecule has 0 aromatic rings. The van der Waals surface area contributed by atoms with E-state index in [1.165, 1.54) is 0 Å². The van der Waals surface area contributed by atoms with Gasteiger partial charge in [0.25, 0.3) is 0 Å². The third-order valence-electron chi connectivity index (χ3n) is 2.64. The van der Waals surface area contributed by atoms with Gasteiger partial charge in [0.1, 0.15) is 5.78 Å². The van der Waals surface area contributed by atoms with Crippen LogP contribution in [0.5, 0.6) is 0 Å². The van der Waals surface area contributed by atoms with Gasteiger partial charge in [-0.2, -0.15) is 0 Å². The van der Waals surface area contributed by atoms with E-state index in [2.05, 4.69) is 13.5 Å². The minimum absolute atomic E-state index is 0.0586. The number of rotatable bonds is 4. The Morgan fingerprint density at radius 1 is 1.54 bits per heavy atom. The highest BCUT2D eigenvalue weighted by Gasteiger charge is 2.30. The van der Waals surface area contributed by atoms with Crippen LogP contribution < -0.4 is 0 Å². The predicted molar refractivity (Wildman–Crippen MR) is 52.6 cm³/mol. The monoisotopic (exact) mass is 182 g/mol. The zero-order valence-corrected chi connectivity index (χ0v) is 8.34. The van der Waals surface area contributed by atoms with E-state index in [1.807, 2.05) is 6.08 Å². The van der Waals surface area contributed by atoms with E-state index in [-0.39, 0.29) is 5.60 Å². The first kappa shape index (κ1) is 10.5. The van der Waals surface area contributed by atoms with Crippen LogP contribution in [0.4, 0.5) is 0 Å². The molecule has 0 atom stereocenters. The molecule has 0 N–H and O–H groups in total. The van der Waals surface area contributed by atoms with E-state index < -0.39 is 0 Å². The molecule has 0 heterocycles. The molecule has 0 saturated heterocycles. The lowest BCUT2D eigenvalue weighted by Crippen LogP contribution is -2.34. The Balaban J connectivity index is 2.29. The van der Waals surface area contributed by atoms with E-state index in [4.69, 9.17) is 4.74 Å². The molecule has 2 nitrogen and oxygen atoms in total. The standard InChI is InChI=1S/C11H18O2/c1-3-4-9-13-11(2)7-5-10(12)6-8-11/h3H,1,4-9H2,2H3. The zero-order valence-electron chi connectivity index (χ0n) is 8.34. The molecule has 1 aliphatic carbocycles. The second kappa shape index (κ2) is 4.56. The Bertz CT molecular complexity index is 186. The first-order chi connectivity index (χ1) is 6.16. The van der Waals surface area contributed by atoms with Gasteiger partial charge in [0.05, 0.1) is 12.2 Å². The summed E-state index contributed by atoms with van der Waals surface area (Å²) >= 11 is 0. The van der Waals surface area contributed by atoms with Crippen LogP contribution >= 0.6 is 0 Å². The van der Waals surface area contributed by atoms with Crippen LogP contribution in [0.1, 0.15) is 39.0 Å². The fraction of sp³-hybridized carbons (Fsp3) is 0.727. The normalized spacial score (nSPS) is 21.5. The van der Waals surface area contributed by atoms with E-state index >= 15 is 0 Å². The summed E-state index contributed by atoms with van der Waals surface area (Å²) in [5, 5.41) is 0. The average molecular weight is 182 g/mol. The lowest BCUT2D eigenvalue weighted by molar-refractivity contribution is -0.128. The molecule has 0 spiro atoms. The number of hydrogen-bond donors (Lipinski definition) is 0. The van der Waals surface area contributed by atoms with E-state index in [0.29, 0.717) is 18.6 Å². The van der Waals surface area contributed by atoms with Crippen LogP contribution in [-0.2, 0) is 9.53 Å². The highest BCUT2D eigenvalue weighted by atomic mass is 16.5. The summed E-state index contributed by atoms with van der Waals surface area (Å²) in [5.74, 6) is 0.379. The number of hydrogen-bond acceptors (Lipinski definition) is 2. The smallest absolute Gasteiger partial charge is 0.133 e. The van der Waals surface area contributed by atoms with Gasteiger partial charge in [-0.05, 0) is 26.2 Å². The summed E-state index contributed by atoms with van der Waals surface area (Å²) in [6.45, 7) is 6.47. The molecule has 13 heavy (non-hydrogen) atoms. The van der Waals surface area contributed by atoms with Crippen molar-refractivity contribution < 1.29 is 9.53 Å². The highest BCUT2D eigenvalue weighted by molar-refractivity contribution is 5.79. The molecule has 0 aromatic heterocycles. The third kappa shape index (κ3) is 3.31. The Kier molecular flexibility index (Phi) is 3.67. The molecule has 1 aliphatic rings. The Labute approximate surface area is 80.0 Å². The second-order valence-corrected chi connectivity index (χ2v) is 3.91. The summed E-state index contributed by atoms with van der Waals surface area (Å²) in [6.07, 6.45) is 5.88. The van der Waals surface area contributed by atoms with Crippen molar-refractivity contribution in [2.75, 3.05) is 6.61 Å². The summed E-state index contributed by atoms with van der Waals surface area (Å²) in [6, 6.07) is 0. The van der Waals surface area contributed by atoms with E-state index in [9.17, 15) is 4.79 Å². The fourth-order valence-corrected chi connectivity index (χ4v) is 1.59. The van der Waals surface area contributed by atoms with Crippen LogP contribution in [0, 0.1) is 0 Å². The number of ether oxygens (including phenoxy) is 1. The summed E-state index contributed by atoms with van der Waals surface area (Å²) < 4.78 is 5.74. The van der Waals surface area contributed by atoms with Gasteiger partial charge in [0.2, 0.25) is 0 Å². The molecule has 2 heteroatoms. The third-order valence-corrected chi connectivity index (χ3v) is 2.64. The van der Waals surface area contributed by atoms with Crippen LogP contribution in [0.2, 0.25) is 0 Å². The van der Waals surface area contributed by atoms with Gasteiger partial charge in [-0.15, -0.1) is 6.58 Å². The van der Waals surface area contributed by atoms with Gasteiger partial charge in [-0.1, -0.05) is 6.08 Å². The van der Waals surface area contributed by atoms with Crippen molar-refractivity contribution in [3.63, 3.8) is 0 Å². The molecular formula is C11H18O2. The molecule has 1 rings (SSSR count). The van der Waals surface area contributed by atoms with Crippen LogP contribution in [0.3, 0.4) is 0 Å². The average Bonchev–Trinajstić information content (AvgIpc) is 2.12. The first-order valence-electron chi connectivity index (χ1n) is 4.93. The topological polar surface area (TPSA) is 26.3 Å². The molecule has 0 aliphatic heterocycles. The molecule has 1 saturated carbocycles. The van der Waals surface area contributed by atoms with E-state index in [0.717, 1.165) is 25.9 Å². The molecule has 0 aromatic carbocycles. The van der Waals surface area contributed by atoms with Gasteiger partial charge in [0.15, 0.2) is 0 Å². The molecular weight excluding hydrogens is 164 g/mol. The van der Waals surface area contributed by atoms with Crippen LogP contribution in [0.15, 0.2) is 12.7 Å².